The predicted octanol–water partition coefficient (Wildman–Crippen LogP) is 5.82. The third kappa shape index (κ3) is 5.81. The molecule has 2 aromatic carbocycles. The van der Waals surface area contributed by atoms with Crippen LogP contribution in [-0.4, -0.2) is 38.7 Å². The highest BCUT2D eigenvalue weighted by Crippen LogP contribution is 2.46. The maximum Gasteiger partial charge on any atom is 0.251 e. The Balaban J connectivity index is 1.36. The maximum absolute atomic E-state index is 15.7. The van der Waals surface area contributed by atoms with Gasteiger partial charge in [-0.1, -0.05) is 0 Å². The minimum Gasteiger partial charge on any atom is -0.488 e. The highest BCUT2D eigenvalue weighted by atomic mass is 19.2. The number of hydrogen-bond donors (Lipinski definition) is 3. The fraction of sp³-hybridized carbons (Fsp3) is 0.364. The lowest BCUT2D eigenvalue weighted by Crippen LogP contribution is -2.43. The minimum atomic E-state index is -1.74. The molecule has 1 amide bonds. The van der Waals surface area contributed by atoms with Crippen molar-refractivity contribution in [1.29, 1.82) is 0 Å². The zero-order chi connectivity index (χ0) is 30.7. The molecule has 2 heterocycles. The Kier molecular flexibility index (Phi) is 7.17. The lowest BCUT2D eigenvalue weighted by Gasteiger charge is -2.31. The van der Waals surface area contributed by atoms with Gasteiger partial charge in [0.15, 0.2) is 17.5 Å². The van der Waals surface area contributed by atoms with Crippen LogP contribution in [0.15, 0.2) is 48.7 Å². The third-order valence-corrected chi connectivity index (χ3v) is 7.99. The number of hydrogen-bond acceptors (Lipinski definition) is 6. The molecule has 10 heteroatoms. The lowest BCUT2D eigenvalue weighted by molar-refractivity contribution is 0.00864. The Morgan fingerprint density at radius 1 is 1.02 bits per heavy atom. The first-order valence-electron chi connectivity index (χ1n) is 14.3. The molecule has 2 saturated carbocycles. The van der Waals surface area contributed by atoms with Crippen LogP contribution in [0.4, 0.5) is 13.2 Å². The van der Waals surface area contributed by atoms with Gasteiger partial charge >= 0.3 is 0 Å². The summed E-state index contributed by atoms with van der Waals surface area (Å²) in [5.41, 5.74) is -2.12. The van der Waals surface area contributed by atoms with E-state index in [0.717, 1.165) is 35.9 Å². The number of fused-ring (bicyclic) bond motifs is 1. The van der Waals surface area contributed by atoms with E-state index in [1.807, 2.05) is 13.0 Å². The number of ether oxygens (including phenoxy) is 1. The van der Waals surface area contributed by atoms with Crippen molar-refractivity contribution in [3.63, 3.8) is 0 Å². The van der Waals surface area contributed by atoms with E-state index in [9.17, 15) is 23.8 Å². The molecule has 0 saturated heterocycles. The summed E-state index contributed by atoms with van der Waals surface area (Å²) in [5, 5.41) is 26.3. The molecule has 2 aromatic heterocycles. The zero-order valence-electron chi connectivity index (χ0n) is 24.0. The second-order valence-corrected chi connectivity index (χ2v) is 12.2. The van der Waals surface area contributed by atoms with Crippen LogP contribution < -0.4 is 10.1 Å². The number of nitrogens with one attached hydrogen (secondary N) is 1. The molecular weight excluding hydrogens is 559 g/mol. The number of amides is 1. The number of aryl methyl sites for hydroxylation is 1. The van der Waals surface area contributed by atoms with E-state index in [0.29, 0.717) is 29.7 Å². The molecule has 0 aliphatic heterocycles. The first kappa shape index (κ1) is 29.1. The van der Waals surface area contributed by atoms with Gasteiger partial charge in [0.1, 0.15) is 22.6 Å². The van der Waals surface area contributed by atoms with Crippen LogP contribution in [0.1, 0.15) is 66.7 Å². The monoisotopic (exact) mass is 591 g/mol. The predicted molar refractivity (Wildman–Crippen MR) is 154 cm³/mol. The van der Waals surface area contributed by atoms with Crippen LogP contribution >= 0.6 is 0 Å². The number of pyridine rings is 2. The second kappa shape index (κ2) is 10.6. The molecule has 43 heavy (non-hydrogen) atoms. The number of benzene rings is 2. The smallest absolute Gasteiger partial charge is 0.251 e. The molecule has 0 spiro atoms. The SMILES string of the molecule is Cc1cnc2c(OC3CC3)cc(C(=O)NCC(O)(c3cc(C(C)(C)O)c(F)c(-c4ccc(F)c(F)c4)n3)C3CC3)cc2c1. The number of carbonyl (C=O) groups excluding carboxylic acids is 1. The van der Waals surface area contributed by atoms with Gasteiger partial charge < -0.3 is 20.3 Å². The van der Waals surface area contributed by atoms with Crippen LogP contribution in [0, 0.1) is 30.3 Å². The van der Waals surface area contributed by atoms with Crippen LogP contribution in [0.2, 0.25) is 0 Å². The van der Waals surface area contributed by atoms with E-state index in [4.69, 9.17) is 4.74 Å². The molecule has 224 valence electrons. The lowest BCUT2D eigenvalue weighted by atomic mass is 9.87. The van der Waals surface area contributed by atoms with Gasteiger partial charge in [-0.25, -0.2) is 18.2 Å². The van der Waals surface area contributed by atoms with Crippen molar-refractivity contribution in [2.24, 2.45) is 5.92 Å². The van der Waals surface area contributed by atoms with Crippen molar-refractivity contribution >= 4 is 16.8 Å². The van der Waals surface area contributed by atoms with Crippen molar-refractivity contribution in [1.82, 2.24) is 15.3 Å². The number of rotatable bonds is 9. The molecule has 7 nitrogen and oxygen atoms in total. The third-order valence-electron chi connectivity index (χ3n) is 7.99. The Hall–Kier alpha value is -4.02. The molecule has 2 aliphatic rings. The van der Waals surface area contributed by atoms with Crippen molar-refractivity contribution < 1.29 is 32.9 Å². The normalized spacial score (nSPS) is 16.7. The van der Waals surface area contributed by atoms with Crippen LogP contribution in [0.25, 0.3) is 22.2 Å². The van der Waals surface area contributed by atoms with Crippen molar-refractivity contribution in [2.45, 2.75) is 63.8 Å². The number of nitrogens with zero attached hydrogens (tertiary/aromatic N) is 2. The van der Waals surface area contributed by atoms with Gasteiger partial charge in [0.2, 0.25) is 0 Å². The summed E-state index contributed by atoms with van der Waals surface area (Å²) in [6.45, 7) is 4.39. The summed E-state index contributed by atoms with van der Waals surface area (Å²) in [7, 11) is 0. The average Bonchev–Trinajstić information content (AvgIpc) is 3.87. The number of aliphatic hydroxyl groups is 2. The zero-order valence-corrected chi connectivity index (χ0v) is 24.0. The fourth-order valence-corrected chi connectivity index (χ4v) is 5.27. The molecule has 6 rings (SSSR count). The number of halogens is 3. The van der Waals surface area contributed by atoms with Gasteiger partial charge in [-0.05, 0) is 100 Å². The first-order valence-corrected chi connectivity index (χ1v) is 14.3. The van der Waals surface area contributed by atoms with E-state index in [2.05, 4.69) is 15.3 Å². The van der Waals surface area contributed by atoms with Crippen molar-refractivity contribution in [3.05, 3.63) is 88.5 Å². The highest BCUT2D eigenvalue weighted by molar-refractivity contribution is 6.00. The Bertz CT molecular complexity index is 1750. The first-order chi connectivity index (χ1) is 20.3. The molecule has 2 aliphatic carbocycles. The summed E-state index contributed by atoms with van der Waals surface area (Å²) in [6, 6.07) is 9.39. The molecule has 2 fully saturated rings. The van der Waals surface area contributed by atoms with Crippen molar-refractivity contribution in [2.75, 3.05) is 6.54 Å². The maximum atomic E-state index is 15.7. The highest BCUT2D eigenvalue weighted by Gasteiger charge is 2.47. The molecule has 1 atom stereocenters. The van der Waals surface area contributed by atoms with E-state index >= 15 is 4.39 Å². The molecule has 0 radical (unpaired) electrons. The van der Waals surface area contributed by atoms with Gasteiger partial charge in [-0.3, -0.25) is 9.78 Å². The van der Waals surface area contributed by atoms with E-state index < -0.39 is 34.6 Å². The van der Waals surface area contributed by atoms with Crippen LogP contribution in [-0.2, 0) is 11.2 Å². The van der Waals surface area contributed by atoms with Gasteiger partial charge in [0.25, 0.3) is 5.91 Å². The Morgan fingerprint density at radius 2 is 1.77 bits per heavy atom. The van der Waals surface area contributed by atoms with Crippen molar-refractivity contribution in [3.8, 4) is 17.0 Å². The topological polar surface area (TPSA) is 105 Å². The van der Waals surface area contributed by atoms with Gasteiger partial charge in [0.05, 0.1) is 23.9 Å². The fourth-order valence-electron chi connectivity index (χ4n) is 5.27. The summed E-state index contributed by atoms with van der Waals surface area (Å²) in [6.07, 6.45) is 4.95. The summed E-state index contributed by atoms with van der Waals surface area (Å²) >= 11 is 0. The standard InChI is InChI=1S/C33H32F3N3O4/c1-17-10-19-11-20(13-26(29(19)37-15-17)43-22-7-8-22)31(40)38-16-33(42,21-5-6-21)27-14-23(32(2,3)41)28(36)30(39-27)18-4-9-24(34)25(35)12-18/h4,9-15,21-22,41-42H,5-8,16H2,1-3H3,(H,38,40). The quantitative estimate of drug-likeness (QED) is 0.227. The Labute approximate surface area is 246 Å². The summed E-state index contributed by atoms with van der Waals surface area (Å²) in [5.74, 6) is -3.49. The van der Waals surface area contributed by atoms with Crippen LogP contribution in [0.5, 0.6) is 5.75 Å². The second-order valence-electron chi connectivity index (χ2n) is 12.2. The van der Waals surface area contributed by atoms with E-state index in [1.165, 1.54) is 26.0 Å². The minimum absolute atomic E-state index is 0.00431. The average molecular weight is 592 g/mol. The van der Waals surface area contributed by atoms with Gasteiger partial charge in [0, 0.05) is 28.3 Å². The van der Waals surface area contributed by atoms with Gasteiger partial charge in [-0.2, -0.15) is 0 Å². The summed E-state index contributed by atoms with van der Waals surface area (Å²) in [4.78, 5) is 22.4. The Morgan fingerprint density at radius 3 is 2.42 bits per heavy atom. The molecule has 3 N–H and O–H groups in total. The molecular formula is C33H32F3N3O4. The molecule has 0 bridgehead atoms. The molecule has 4 aromatic rings. The number of carbonyl (C=O) groups is 1. The summed E-state index contributed by atoms with van der Waals surface area (Å²) < 4.78 is 49.5. The number of aromatic nitrogens is 2. The van der Waals surface area contributed by atoms with E-state index in [-0.39, 0.29) is 41.1 Å². The van der Waals surface area contributed by atoms with E-state index in [1.54, 1.807) is 18.3 Å². The molecule has 1 unspecified atom stereocenters. The largest absolute Gasteiger partial charge is 0.488 e. The van der Waals surface area contributed by atoms with Crippen LogP contribution in [0.3, 0.4) is 0 Å². The van der Waals surface area contributed by atoms with Gasteiger partial charge in [-0.15, -0.1) is 0 Å².